The predicted molar refractivity (Wildman–Crippen MR) is 85.3 cm³/mol. The second-order valence-corrected chi connectivity index (χ2v) is 4.96. The summed E-state index contributed by atoms with van der Waals surface area (Å²) < 4.78 is 1.80. The van der Waals surface area contributed by atoms with Crippen LogP contribution in [0, 0.1) is 13.8 Å². The number of nitrogens with zero attached hydrogens (tertiary/aromatic N) is 2. The summed E-state index contributed by atoms with van der Waals surface area (Å²) in [5.74, 6) is -0.169. The van der Waals surface area contributed by atoms with Gasteiger partial charge in [-0.1, -0.05) is 29.8 Å². The quantitative estimate of drug-likeness (QED) is 0.883. The van der Waals surface area contributed by atoms with Crippen LogP contribution in [0.5, 0.6) is 0 Å². The summed E-state index contributed by atoms with van der Waals surface area (Å²) in [6.07, 6.45) is 3.73. The molecule has 1 aromatic heterocycles. The van der Waals surface area contributed by atoms with E-state index < -0.39 is 6.04 Å². The molecule has 2 rings (SSSR count). The SMILES string of the molecule is Cc1ccc(C(N)C(=O)NCCn2cc(C)cn2)cc1.Cl. The molecule has 1 heterocycles. The molecule has 1 aromatic carbocycles. The van der Waals surface area contributed by atoms with E-state index in [1.807, 2.05) is 44.3 Å². The summed E-state index contributed by atoms with van der Waals surface area (Å²) in [6, 6.07) is 7.05. The van der Waals surface area contributed by atoms with E-state index in [4.69, 9.17) is 5.73 Å². The predicted octanol–water partition coefficient (Wildman–Crippen LogP) is 1.74. The van der Waals surface area contributed by atoms with Crippen LogP contribution in [0.1, 0.15) is 22.7 Å². The molecule has 0 aliphatic rings. The Morgan fingerprint density at radius 1 is 1.29 bits per heavy atom. The number of aryl methyl sites for hydroxylation is 2. The molecule has 3 N–H and O–H groups in total. The van der Waals surface area contributed by atoms with E-state index in [-0.39, 0.29) is 18.3 Å². The van der Waals surface area contributed by atoms with Crippen molar-refractivity contribution in [3.63, 3.8) is 0 Å². The zero-order valence-corrected chi connectivity index (χ0v) is 13.1. The van der Waals surface area contributed by atoms with Crippen LogP contribution in [0.3, 0.4) is 0 Å². The molecule has 0 saturated heterocycles. The molecule has 0 fully saturated rings. The van der Waals surface area contributed by atoms with Crippen molar-refractivity contribution in [2.24, 2.45) is 5.73 Å². The Bertz CT molecular complexity index is 580. The van der Waals surface area contributed by atoms with Gasteiger partial charge in [-0.2, -0.15) is 5.10 Å². The van der Waals surface area contributed by atoms with Crippen molar-refractivity contribution >= 4 is 18.3 Å². The lowest BCUT2D eigenvalue weighted by Gasteiger charge is -2.12. The van der Waals surface area contributed by atoms with Crippen LogP contribution in [0.15, 0.2) is 36.7 Å². The number of aromatic nitrogens is 2. The van der Waals surface area contributed by atoms with E-state index in [0.717, 1.165) is 16.7 Å². The Hall–Kier alpha value is -1.85. The third kappa shape index (κ3) is 4.88. The van der Waals surface area contributed by atoms with E-state index in [0.29, 0.717) is 13.1 Å². The van der Waals surface area contributed by atoms with Gasteiger partial charge >= 0.3 is 0 Å². The number of carbonyl (C=O) groups is 1. The summed E-state index contributed by atoms with van der Waals surface area (Å²) in [4.78, 5) is 12.0. The molecule has 0 saturated carbocycles. The first-order valence-corrected chi connectivity index (χ1v) is 6.65. The Kier molecular flexibility index (Phi) is 6.39. The van der Waals surface area contributed by atoms with Crippen LogP contribution in [0.25, 0.3) is 0 Å². The molecule has 0 bridgehead atoms. The molecule has 6 heteroatoms. The largest absolute Gasteiger partial charge is 0.353 e. The topological polar surface area (TPSA) is 72.9 Å². The molecule has 21 heavy (non-hydrogen) atoms. The minimum Gasteiger partial charge on any atom is -0.353 e. The average molecular weight is 309 g/mol. The van der Waals surface area contributed by atoms with Crippen molar-refractivity contribution in [3.05, 3.63) is 53.3 Å². The van der Waals surface area contributed by atoms with Gasteiger partial charge in [0.15, 0.2) is 0 Å². The molecule has 0 aliphatic carbocycles. The highest BCUT2D eigenvalue weighted by Gasteiger charge is 2.14. The highest BCUT2D eigenvalue weighted by molar-refractivity contribution is 5.85. The molecule has 1 unspecified atom stereocenters. The van der Waals surface area contributed by atoms with Crippen molar-refractivity contribution in [3.8, 4) is 0 Å². The van der Waals surface area contributed by atoms with Gasteiger partial charge in [0.2, 0.25) is 5.91 Å². The van der Waals surface area contributed by atoms with Crippen LogP contribution in [-0.4, -0.2) is 22.2 Å². The summed E-state index contributed by atoms with van der Waals surface area (Å²) >= 11 is 0. The average Bonchev–Trinajstić information content (AvgIpc) is 2.84. The second-order valence-electron chi connectivity index (χ2n) is 4.96. The number of amides is 1. The summed E-state index contributed by atoms with van der Waals surface area (Å²) in [7, 11) is 0. The van der Waals surface area contributed by atoms with Crippen molar-refractivity contribution in [2.45, 2.75) is 26.4 Å². The lowest BCUT2D eigenvalue weighted by atomic mass is 10.1. The second kappa shape index (κ2) is 7.81. The first-order chi connectivity index (χ1) is 9.56. The fourth-order valence-corrected chi connectivity index (χ4v) is 1.92. The number of halogens is 1. The maximum Gasteiger partial charge on any atom is 0.241 e. The molecule has 114 valence electrons. The van der Waals surface area contributed by atoms with E-state index in [1.165, 1.54) is 0 Å². The van der Waals surface area contributed by atoms with Gasteiger partial charge in [-0.15, -0.1) is 12.4 Å². The molecule has 2 aromatic rings. The van der Waals surface area contributed by atoms with Gasteiger partial charge < -0.3 is 11.1 Å². The zero-order chi connectivity index (χ0) is 14.5. The number of benzene rings is 1. The van der Waals surface area contributed by atoms with Crippen LogP contribution in [0.4, 0.5) is 0 Å². The molecule has 0 aliphatic heterocycles. The van der Waals surface area contributed by atoms with Gasteiger partial charge in [-0.05, 0) is 25.0 Å². The molecular weight excluding hydrogens is 288 g/mol. The van der Waals surface area contributed by atoms with Crippen LogP contribution in [-0.2, 0) is 11.3 Å². The maximum atomic E-state index is 12.0. The summed E-state index contributed by atoms with van der Waals surface area (Å²) in [5, 5.41) is 6.99. The van der Waals surface area contributed by atoms with Crippen molar-refractivity contribution < 1.29 is 4.79 Å². The molecule has 0 radical (unpaired) electrons. The number of nitrogens with one attached hydrogen (secondary N) is 1. The van der Waals surface area contributed by atoms with Gasteiger partial charge in [0, 0.05) is 12.7 Å². The lowest BCUT2D eigenvalue weighted by molar-refractivity contribution is -0.122. The lowest BCUT2D eigenvalue weighted by Crippen LogP contribution is -2.35. The highest BCUT2D eigenvalue weighted by Crippen LogP contribution is 2.11. The third-order valence-electron chi connectivity index (χ3n) is 3.12. The number of hydrogen-bond donors (Lipinski definition) is 2. The van der Waals surface area contributed by atoms with Gasteiger partial charge in [0.1, 0.15) is 6.04 Å². The fourth-order valence-electron chi connectivity index (χ4n) is 1.92. The summed E-state index contributed by atoms with van der Waals surface area (Å²) in [5.41, 5.74) is 9.01. The molecule has 1 atom stereocenters. The van der Waals surface area contributed by atoms with Crippen molar-refractivity contribution in [2.75, 3.05) is 6.54 Å². The zero-order valence-electron chi connectivity index (χ0n) is 12.2. The minimum atomic E-state index is -0.630. The van der Waals surface area contributed by atoms with Crippen molar-refractivity contribution in [1.29, 1.82) is 0 Å². The van der Waals surface area contributed by atoms with Gasteiger partial charge in [-0.25, -0.2) is 0 Å². The normalized spacial score (nSPS) is 11.6. The number of nitrogens with two attached hydrogens (primary N) is 1. The number of rotatable bonds is 5. The molecule has 1 amide bonds. The number of carbonyl (C=O) groups excluding carboxylic acids is 1. The molecule has 0 spiro atoms. The minimum absolute atomic E-state index is 0. The monoisotopic (exact) mass is 308 g/mol. The van der Waals surface area contributed by atoms with E-state index in [2.05, 4.69) is 10.4 Å². The summed E-state index contributed by atoms with van der Waals surface area (Å²) in [6.45, 7) is 5.14. The standard InChI is InChI=1S/C15H20N4O.ClH/c1-11-3-5-13(6-4-11)14(16)15(20)17-7-8-19-10-12(2)9-18-19;/h3-6,9-10,14H,7-8,16H2,1-2H3,(H,17,20);1H. The fraction of sp³-hybridized carbons (Fsp3) is 0.333. The maximum absolute atomic E-state index is 12.0. The van der Waals surface area contributed by atoms with E-state index >= 15 is 0 Å². The smallest absolute Gasteiger partial charge is 0.241 e. The Labute approximate surface area is 130 Å². The van der Waals surface area contributed by atoms with Gasteiger partial charge in [0.05, 0.1) is 12.7 Å². The first kappa shape index (κ1) is 17.2. The van der Waals surface area contributed by atoms with E-state index in [9.17, 15) is 4.79 Å². The first-order valence-electron chi connectivity index (χ1n) is 6.65. The van der Waals surface area contributed by atoms with Gasteiger partial charge in [0.25, 0.3) is 0 Å². The number of hydrogen-bond acceptors (Lipinski definition) is 3. The molecular formula is C15H21ClN4O. The Balaban J connectivity index is 0.00000220. The Morgan fingerprint density at radius 2 is 1.95 bits per heavy atom. The van der Waals surface area contributed by atoms with Crippen molar-refractivity contribution in [1.82, 2.24) is 15.1 Å². The molecule has 5 nitrogen and oxygen atoms in total. The highest BCUT2D eigenvalue weighted by atomic mass is 35.5. The van der Waals surface area contributed by atoms with Gasteiger partial charge in [-0.3, -0.25) is 9.48 Å². The van der Waals surface area contributed by atoms with Crippen LogP contribution in [0.2, 0.25) is 0 Å². The van der Waals surface area contributed by atoms with Crippen LogP contribution < -0.4 is 11.1 Å². The third-order valence-corrected chi connectivity index (χ3v) is 3.12. The Morgan fingerprint density at radius 3 is 2.52 bits per heavy atom. The van der Waals surface area contributed by atoms with E-state index in [1.54, 1.807) is 10.9 Å². The van der Waals surface area contributed by atoms with Crippen LogP contribution >= 0.6 is 12.4 Å².